The van der Waals surface area contributed by atoms with Gasteiger partial charge in [-0.3, -0.25) is 0 Å². The SMILES string of the molecule is CC(C)(CNCc1ccccc1)COC1CCS(=O)(=O)C1. The maximum absolute atomic E-state index is 11.4. The van der Waals surface area contributed by atoms with Gasteiger partial charge in [-0.2, -0.15) is 0 Å². The average Bonchev–Trinajstić information content (AvgIpc) is 2.77. The summed E-state index contributed by atoms with van der Waals surface area (Å²) in [5.41, 5.74) is 1.25. The van der Waals surface area contributed by atoms with Crippen molar-refractivity contribution in [2.24, 2.45) is 5.41 Å². The summed E-state index contributed by atoms with van der Waals surface area (Å²) in [5, 5.41) is 3.44. The van der Waals surface area contributed by atoms with Crippen LogP contribution >= 0.6 is 0 Å². The zero-order valence-electron chi connectivity index (χ0n) is 12.8. The highest BCUT2D eigenvalue weighted by atomic mass is 32.2. The van der Waals surface area contributed by atoms with Gasteiger partial charge in [-0.1, -0.05) is 44.2 Å². The molecule has 0 radical (unpaired) electrons. The highest BCUT2D eigenvalue weighted by Gasteiger charge is 2.30. The first-order chi connectivity index (χ1) is 9.86. The standard InChI is InChI=1S/C16H25NO3S/c1-16(2,12-17-10-14-6-4-3-5-7-14)13-20-15-8-9-21(18,19)11-15/h3-7,15,17H,8-13H2,1-2H3. The molecule has 1 aliphatic heterocycles. The second-order valence-electron chi connectivity index (χ2n) is 6.59. The van der Waals surface area contributed by atoms with E-state index in [0.29, 0.717) is 13.0 Å². The van der Waals surface area contributed by atoms with Gasteiger partial charge in [-0.15, -0.1) is 0 Å². The Kier molecular flexibility index (Phi) is 5.41. The van der Waals surface area contributed by atoms with Gasteiger partial charge < -0.3 is 10.1 Å². The van der Waals surface area contributed by atoms with Gasteiger partial charge in [0.1, 0.15) is 0 Å². The van der Waals surface area contributed by atoms with E-state index in [4.69, 9.17) is 4.74 Å². The molecule has 21 heavy (non-hydrogen) atoms. The molecule has 0 spiro atoms. The van der Waals surface area contributed by atoms with Crippen molar-refractivity contribution in [2.45, 2.75) is 32.9 Å². The first kappa shape index (κ1) is 16.5. The molecule has 1 N–H and O–H groups in total. The van der Waals surface area contributed by atoms with E-state index < -0.39 is 9.84 Å². The third kappa shape index (κ3) is 5.77. The van der Waals surface area contributed by atoms with Crippen LogP contribution in [0.2, 0.25) is 0 Å². The first-order valence-corrected chi connectivity index (χ1v) is 9.25. The predicted molar refractivity (Wildman–Crippen MR) is 84.9 cm³/mol. The third-order valence-electron chi connectivity index (χ3n) is 3.68. The van der Waals surface area contributed by atoms with Gasteiger partial charge in [0.2, 0.25) is 0 Å². The van der Waals surface area contributed by atoms with Crippen LogP contribution in [0.1, 0.15) is 25.8 Å². The topological polar surface area (TPSA) is 55.4 Å². The van der Waals surface area contributed by atoms with Crippen molar-refractivity contribution in [3.63, 3.8) is 0 Å². The van der Waals surface area contributed by atoms with Crippen LogP contribution in [-0.2, 0) is 21.1 Å². The molecule has 1 aromatic carbocycles. The maximum atomic E-state index is 11.4. The molecule has 1 heterocycles. The van der Waals surface area contributed by atoms with E-state index in [-0.39, 0.29) is 23.0 Å². The lowest BCUT2D eigenvalue weighted by Gasteiger charge is -2.26. The number of sulfone groups is 1. The average molecular weight is 311 g/mol. The monoisotopic (exact) mass is 311 g/mol. The largest absolute Gasteiger partial charge is 0.377 e. The van der Waals surface area contributed by atoms with Crippen molar-refractivity contribution >= 4 is 9.84 Å². The molecule has 1 fully saturated rings. The van der Waals surface area contributed by atoms with Gasteiger partial charge in [0.25, 0.3) is 0 Å². The van der Waals surface area contributed by atoms with Gasteiger partial charge in [0, 0.05) is 18.5 Å². The number of ether oxygens (including phenoxy) is 1. The van der Waals surface area contributed by atoms with Crippen molar-refractivity contribution in [3.05, 3.63) is 35.9 Å². The number of hydrogen-bond acceptors (Lipinski definition) is 4. The molecule has 1 unspecified atom stereocenters. The quantitative estimate of drug-likeness (QED) is 0.837. The molecule has 1 aliphatic rings. The fraction of sp³-hybridized carbons (Fsp3) is 0.625. The van der Waals surface area contributed by atoms with Gasteiger partial charge in [0.05, 0.1) is 24.2 Å². The van der Waals surface area contributed by atoms with Gasteiger partial charge in [-0.25, -0.2) is 8.42 Å². The Labute approximate surface area is 127 Å². The highest BCUT2D eigenvalue weighted by Crippen LogP contribution is 2.20. The summed E-state index contributed by atoms with van der Waals surface area (Å²) < 4.78 is 28.6. The minimum absolute atomic E-state index is 0.0128. The molecule has 118 valence electrons. The fourth-order valence-corrected chi connectivity index (χ4v) is 4.05. The van der Waals surface area contributed by atoms with E-state index in [2.05, 4.69) is 31.3 Å². The molecule has 0 aromatic heterocycles. The molecule has 0 aliphatic carbocycles. The maximum Gasteiger partial charge on any atom is 0.152 e. The summed E-state index contributed by atoms with van der Waals surface area (Å²) in [5.74, 6) is 0.449. The van der Waals surface area contributed by atoms with Crippen LogP contribution in [0, 0.1) is 5.41 Å². The molecule has 5 heteroatoms. The Hall–Kier alpha value is -0.910. The summed E-state index contributed by atoms with van der Waals surface area (Å²) in [7, 11) is -2.86. The van der Waals surface area contributed by atoms with E-state index in [0.717, 1.165) is 13.1 Å². The molecule has 1 aromatic rings. The Bertz CT molecular complexity index is 540. The van der Waals surface area contributed by atoms with E-state index in [1.807, 2.05) is 18.2 Å². The van der Waals surface area contributed by atoms with Crippen LogP contribution in [0.3, 0.4) is 0 Å². The molecule has 1 saturated heterocycles. The van der Waals surface area contributed by atoms with E-state index in [9.17, 15) is 8.42 Å². The summed E-state index contributed by atoms with van der Waals surface area (Å²) in [6, 6.07) is 10.3. The summed E-state index contributed by atoms with van der Waals surface area (Å²) in [4.78, 5) is 0. The summed E-state index contributed by atoms with van der Waals surface area (Å²) in [6.45, 7) is 6.52. The second-order valence-corrected chi connectivity index (χ2v) is 8.82. The minimum Gasteiger partial charge on any atom is -0.377 e. The van der Waals surface area contributed by atoms with Crippen molar-refractivity contribution in [1.82, 2.24) is 5.32 Å². The van der Waals surface area contributed by atoms with Gasteiger partial charge in [0.15, 0.2) is 9.84 Å². The van der Waals surface area contributed by atoms with Gasteiger partial charge in [-0.05, 0) is 12.0 Å². The minimum atomic E-state index is -2.86. The zero-order valence-corrected chi connectivity index (χ0v) is 13.7. The number of nitrogens with one attached hydrogen (secondary N) is 1. The molecule has 0 bridgehead atoms. The number of rotatable bonds is 7. The Morgan fingerprint density at radius 2 is 2.00 bits per heavy atom. The van der Waals surface area contributed by atoms with Crippen molar-refractivity contribution in [1.29, 1.82) is 0 Å². The van der Waals surface area contributed by atoms with Gasteiger partial charge >= 0.3 is 0 Å². The third-order valence-corrected chi connectivity index (χ3v) is 5.41. The highest BCUT2D eigenvalue weighted by molar-refractivity contribution is 7.91. The zero-order chi connectivity index (χ0) is 15.3. The number of benzene rings is 1. The van der Waals surface area contributed by atoms with Crippen LogP contribution in [-0.4, -0.2) is 39.2 Å². The molecular formula is C16H25NO3S. The first-order valence-electron chi connectivity index (χ1n) is 7.43. The van der Waals surface area contributed by atoms with E-state index in [1.165, 1.54) is 5.56 Å². The molecular weight excluding hydrogens is 286 g/mol. The lowest BCUT2D eigenvalue weighted by molar-refractivity contribution is 0.0161. The lowest BCUT2D eigenvalue weighted by atomic mass is 9.94. The Morgan fingerprint density at radius 3 is 2.62 bits per heavy atom. The van der Waals surface area contributed by atoms with Crippen molar-refractivity contribution < 1.29 is 13.2 Å². The smallest absolute Gasteiger partial charge is 0.152 e. The molecule has 4 nitrogen and oxygen atoms in total. The van der Waals surface area contributed by atoms with Crippen LogP contribution in [0.4, 0.5) is 0 Å². The van der Waals surface area contributed by atoms with E-state index in [1.54, 1.807) is 0 Å². The molecule has 0 amide bonds. The molecule has 2 rings (SSSR count). The Morgan fingerprint density at radius 1 is 1.29 bits per heavy atom. The molecule has 1 atom stereocenters. The van der Waals surface area contributed by atoms with E-state index >= 15 is 0 Å². The summed E-state index contributed by atoms with van der Waals surface area (Å²) >= 11 is 0. The van der Waals surface area contributed by atoms with Crippen LogP contribution in [0.25, 0.3) is 0 Å². The summed E-state index contributed by atoms with van der Waals surface area (Å²) in [6.07, 6.45) is 0.513. The van der Waals surface area contributed by atoms with Crippen LogP contribution < -0.4 is 5.32 Å². The van der Waals surface area contributed by atoms with Crippen molar-refractivity contribution in [3.8, 4) is 0 Å². The Balaban J connectivity index is 1.69. The van der Waals surface area contributed by atoms with Crippen LogP contribution in [0.5, 0.6) is 0 Å². The second kappa shape index (κ2) is 6.90. The lowest BCUT2D eigenvalue weighted by Crippen LogP contribution is -2.34. The van der Waals surface area contributed by atoms with Crippen LogP contribution in [0.15, 0.2) is 30.3 Å². The molecule has 0 saturated carbocycles. The van der Waals surface area contributed by atoms with Crippen molar-refractivity contribution in [2.75, 3.05) is 24.7 Å². The fourth-order valence-electron chi connectivity index (χ4n) is 2.43. The number of hydrogen-bond donors (Lipinski definition) is 1. The normalized spacial score (nSPS) is 21.5. The predicted octanol–water partition coefficient (Wildman–Crippen LogP) is 2.01.